The molecule has 2 aromatic carbocycles. The zero-order valence-corrected chi connectivity index (χ0v) is 18.9. The minimum absolute atomic E-state index is 0.132. The maximum absolute atomic E-state index is 13.1. The Morgan fingerprint density at radius 2 is 1.75 bits per heavy atom. The van der Waals surface area contributed by atoms with Crippen molar-refractivity contribution < 1.29 is 18.3 Å². The molecule has 0 saturated heterocycles. The monoisotopic (exact) mass is 463 g/mol. The number of hydrogen-bond donors (Lipinski definition) is 2. The molecule has 0 aliphatic heterocycles. The molecule has 32 heavy (non-hydrogen) atoms. The normalized spacial score (nSPS) is 13.3. The fraction of sp³-hybridized carbons (Fsp3) is 0.160. The molecule has 2 aromatic heterocycles. The molecule has 5 nitrogen and oxygen atoms in total. The minimum atomic E-state index is -3.80. The van der Waals surface area contributed by atoms with E-state index in [-0.39, 0.29) is 4.21 Å². The van der Waals surface area contributed by atoms with E-state index in [2.05, 4.69) is 16.8 Å². The van der Waals surface area contributed by atoms with Crippen molar-refractivity contribution in [3.05, 3.63) is 88.9 Å². The van der Waals surface area contributed by atoms with Gasteiger partial charge in [0.1, 0.15) is 4.21 Å². The summed E-state index contributed by atoms with van der Waals surface area (Å²) in [6.07, 6.45) is 1.76. The molecule has 162 valence electrons. The van der Waals surface area contributed by atoms with E-state index in [1.807, 2.05) is 54.6 Å². The van der Waals surface area contributed by atoms with Crippen molar-refractivity contribution in [3.8, 4) is 11.8 Å². The van der Waals surface area contributed by atoms with Crippen molar-refractivity contribution in [2.75, 3.05) is 5.75 Å². The number of para-hydroxylation sites is 1. The third-order valence-corrected chi connectivity index (χ3v) is 8.78. The van der Waals surface area contributed by atoms with E-state index < -0.39 is 33.4 Å². The Labute approximate surface area is 190 Å². The Hall–Kier alpha value is -3.34. The van der Waals surface area contributed by atoms with Gasteiger partial charge < -0.3 is 10.1 Å². The first-order valence-electron chi connectivity index (χ1n) is 10.0. The summed E-state index contributed by atoms with van der Waals surface area (Å²) in [6, 6.07) is 20.2. The Morgan fingerprint density at radius 1 is 1.03 bits per heavy atom. The number of fused-ring (bicyclic) bond motifs is 1. The molecule has 7 heteroatoms. The molecular formula is C25H21NO4S2. The van der Waals surface area contributed by atoms with Crippen molar-refractivity contribution in [3.63, 3.8) is 0 Å². The second kappa shape index (κ2) is 9.03. The SMILES string of the molecule is C[C@@H](c1c[nH]c2ccccc12)[C@@H](CS(=O)(=O)c1ccc(C#Cc2ccccc2)s1)C(=O)O. The van der Waals surface area contributed by atoms with Gasteiger partial charge in [0.25, 0.3) is 0 Å². The van der Waals surface area contributed by atoms with Crippen LogP contribution in [-0.4, -0.2) is 30.2 Å². The maximum Gasteiger partial charge on any atom is 0.308 e. The van der Waals surface area contributed by atoms with Crippen LogP contribution in [0.3, 0.4) is 0 Å². The largest absolute Gasteiger partial charge is 0.481 e. The second-order valence-electron chi connectivity index (χ2n) is 7.54. The summed E-state index contributed by atoms with van der Waals surface area (Å²) in [5, 5.41) is 10.7. The predicted molar refractivity (Wildman–Crippen MR) is 127 cm³/mol. The molecule has 0 amide bonds. The Morgan fingerprint density at radius 3 is 2.50 bits per heavy atom. The van der Waals surface area contributed by atoms with E-state index in [9.17, 15) is 18.3 Å². The first kappa shape index (κ1) is 21.9. The van der Waals surface area contributed by atoms with Gasteiger partial charge in [-0.25, -0.2) is 8.42 Å². The van der Waals surface area contributed by atoms with Gasteiger partial charge in [0.15, 0.2) is 9.84 Å². The third kappa shape index (κ3) is 4.62. The van der Waals surface area contributed by atoms with Gasteiger partial charge in [-0.3, -0.25) is 4.79 Å². The quantitative estimate of drug-likeness (QED) is 0.398. The van der Waals surface area contributed by atoms with Crippen molar-refractivity contribution in [1.82, 2.24) is 4.98 Å². The number of sulfone groups is 1. The summed E-state index contributed by atoms with van der Waals surface area (Å²) in [5.74, 6) is 2.80. The van der Waals surface area contributed by atoms with Crippen LogP contribution in [-0.2, 0) is 14.6 Å². The summed E-state index contributed by atoms with van der Waals surface area (Å²) >= 11 is 1.06. The molecule has 4 aromatic rings. The number of nitrogens with one attached hydrogen (secondary N) is 1. The molecule has 0 unspecified atom stereocenters. The van der Waals surface area contributed by atoms with E-state index in [4.69, 9.17) is 0 Å². The van der Waals surface area contributed by atoms with E-state index in [0.29, 0.717) is 4.88 Å². The van der Waals surface area contributed by atoms with Crippen LogP contribution in [0.1, 0.15) is 28.8 Å². The van der Waals surface area contributed by atoms with Crippen molar-refractivity contribution in [2.24, 2.45) is 5.92 Å². The lowest BCUT2D eigenvalue weighted by molar-refractivity contribution is -0.141. The van der Waals surface area contributed by atoms with Gasteiger partial charge in [-0.05, 0) is 41.8 Å². The van der Waals surface area contributed by atoms with E-state index in [1.165, 1.54) is 6.07 Å². The van der Waals surface area contributed by atoms with Gasteiger partial charge in [0.2, 0.25) is 0 Å². The van der Waals surface area contributed by atoms with Gasteiger partial charge in [-0.2, -0.15) is 0 Å². The number of H-pyrrole nitrogens is 1. The first-order valence-corrected chi connectivity index (χ1v) is 12.5. The number of rotatable bonds is 6. The van der Waals surface area contributed by atoms with Crippen molar-refractivity contribution >= 4 is 38.0 Å². The Bertz CT molecular complexity index is 1420. The Kier molecular flexibility index (Phi) is 6.17. The number of benzene rings is 2. The lowest BCUT2D eigenvalue weighted by Crippen LogP contribution is -2.28. The van der Waals surface area contributed by atoms with Crippen LogP contribution in [0.5, 0.6) is 0 Å². The fourth-order valence-corrected chi connectivity index (χ4v) is 6.56. The Balaban J connectivity index is 1.58. The van der Waals surface area contributed by atoms with E-state index in [0.717, 1.165) is 33.4 Å². The average Bonchev–Trinajstić information content (AvgIpc) is 3.44. The van der Waals surface area contributed by atoms with Crippen molar-refractivity contribution in [1.29, 1.82) is 0 Å². The van der Waals surface area contributed by atoms with Crippen LogP contribution in [0.2, 0.25) is 0 Å². The molecular weight excluding hydrogens is 442 g/mol. The summed E-state index contributed by atoms with van der Waals surface area (Å²) in [7, 11) is -3.80. The standard InChI is InChI=1S/C25H21NO4S2/c1-17(21-15-26-23-10-6-5-9-20(21)23)22(25(27)28)16-32(29,30)24-14-13-19(31-24)12-11-18-7-3-2-4-8-18/h2-10,13-15,17,22,26H,16H2,1H3,(H,27,28)/t17-,22+/m0/s1. The van der Waals surface area contributed by atoms with Crippen LogP contribution < -0.4 is 0 Å². The number of carbonyl (C=O) groups is 1. The fourth-order valence-electron chi connectivity index (χ4n) is 3.65. The molecule has 0 fully saturated rings. The lowest BCUT2D eigenvalue weighted by atomic mass is 9.88. The van der Waals surface area contributed by atoms with Crippen LogP contribution in [0.25, 0.3) is 10.9 Å². The van der Waals surface area contributed by atoms with Gasteiger partial charge in [0, 0.05) is 22.7 Å². The molecule has 2 atom stereocenters. The molecule has 4 rings (SSSR count). The summed E-state index contributed by atoms with van der Waals surface area (Å²) in [6.45, 7) is 1.76. The zero-order valence-electron chi connectivity index (χ0n) is 17.3. The van der Waals surface area contributed by atoms with Gasteiger partial charge in [-0.15, -0.1) is 11.3 Å². The maximum atomic E-state index is 13.1. The predicted octanol–water partition coefficient (Wildman–Crippen LogP) is 4.91. The van der Waals surface area contributed by atoms with Crippen LogP contribution >= 0.6 is 11.3 Å². The van der Waals surface area contributed by atoms with Crippen LogP contribution in [0.4, 0.5) is 0 Å². The molecule has 0 saturated carbocycles. The first-order chi connectivity index (χ1) is 15.3. The summed E-state index contributed by atoms with van der Waals surface area (Å²) in [4.78, 5) is 15.8. The highest BCUT2D eigenvalue weighted by molar-refractivity contribution is 7.93. The number of hydrogen-bond acceptors (Lipinski definition) is 4. The minimum Gasteiger partial charge on any atom is -0.481 e. The van der Waals surface area contributed by atoms with Gasteiger partial charge in [0.05, 0.1) is 16.5 Å². The highest BCUT2D eigenvalue weighted by atomic mass is 32.2. The highest BCUT2D eigenvalue weighted by Gasteiger charge is 2.33. The van der Waals surface area contributed by atoms with E-state index in [1.54, 1.807) is 19.2 Å². The molecule has 2 N–H and O–H groups in total. The smallest absolute Gasteiger partial charge is 0.308 e. The number of aliphatic carboxylic acids is 1. The number of aromatic amines is 1. The van der Waals surface area contributed by atoms with E-state index >= 15 is 0 Å². The lowest BCUT2D eigenvalue weighted by Gasteiger charge is -2.19. The summed E-state index contributed by atoms with van der Waals surface area (Å²) in [5.41, 5.74) is 2.52. The highest BCUT2D eigenvalue weighted by Crippen LogP contribution is 2.33. The van der Waals surface area contributed by atoms with Crippen molar-refractivity contribution in [2.45, 2.75) is 17.1 Å². The molecule has 0 aliphatic carbocycles. The summed E-state index contributed by atoms with van der Waals surface area (Å²) < 4.78 is 26.3. The molecule has 2 heterocycles. The number of carboxylic acid groups (broad SMARTS) is 1. The second-order valence-corrected chi connectivity index (χ2v) is 10.9. The third-order valence-electron chi connectivity index (χ3n) is 5.42. The molecule has 0 aliphatic rings. The average molecular weight is 464 g/mol. The zero-order chi connectivity index (χ0) is 22.7. The topological polar surface area (TPSA) is 87.2 Å². The number of aromatic nitrogens is 1. The number of carboxylic acids is 1. The molecule has 0 bridgehead atoms. The number of thiophene rings is 1. The van der Waals surface area contributed by atoms with Crippen LogP contribution in [0, 0.1) is 17.8 Å². The molecule has 0 spiro atoms. The van der Waals surface area contributed by atoms with Gasteiger partial charge in [-0.1, -0.05) is 55.2 Å². The van der Waals surface area contributed by atoms with Gasteiger partial charge >= 0.3 is 5.97 Å². The molecule has 0 radical (unpaired) electrons. The van der Waals surface area contributed by atoms with Crippen LogP contribution in [0.15, 0.2) is 77.1 Å².